The largest absolute Gasteiger partial charge is 0.484 e. The third kappa shape index (κ3) is 3.30. The fourth-order valence-corrected chi connectivity index (χ4v) is 2.65. The topological polar surface area (TPSA) is 131 Å². The molecule has 1 aliphatic rings. The van der Waals surface area contributed by atoms with Gasteiger partial charge in [-0.3, -0.25) is 19.7 Å². The Balaban J connectivity index is 2.64. The number of nitro benzene ring substituents is 1. The van der Waals surface area contributed by atoms with Crippen molar-refractivity contribution < 1.29 is 24.4 Å². The van der Waals surface area contributed by atoms with Crippen molar-refractivity contribution in [2.75, 3.05) is 5.32 Å². The van der Waals surface area contributed by atoms with Gasteiger partial charge in [0.2, 0.25) is 11.8 Å². The molecule has 3 N–H and O–H groups in total. The van der Waals surface area contributed by atoms with Gasteiger partial charge in [0.25, 0.3) is 5.69 Å². The van der Waals surface area contributed by atoms with E-state index in [9.17, 15) is 24.8 Å². The Kier molecular flexibility index (Phi) is 4.48. The summed E-state index contributed by atoms with van der Waals surface area (Å²) >= 11 is 0. The molecule has 0 radical (unpaired) electrons. The van der Waals surface area contributed by atoms with Gasteiger partial charge in [-0.2, -0.15) is 0 Å². The minimum absolute atomic E-state index is 0.0305. The molecular formula is C15H19N3O6. The first-order valence-electron chi connectivity index (χ1n) is 7.27. The number of aliphatic hydroxyl groups is 1. The Bertz CT molecular complexity index is 715. The molecule has 1 heterocycles. The molecule has 1 aromatic rings. The number of hydrogen-bond acceptors (Lipinski definition) is 6. The second-order valence-electron chi connectivity index (χ2n) is 6.17. The Morgan fingerprint density at radius 1 is 1.29 bits per heavy atom. The summed E-state index contributed by atoms with van der Waals surface area (Å²) in [6.45, 7) is 5.75. The summed E-state index contributed by atoms with van der Waals surface area (Å²) < 4.78 is 5.68. The highest BCUT2D eigenvalue weighted by atomic mass is 16.6. The molecule has 2 amide bonds. The average molecular weight is 337 g/mol. The Morgan fingerprint density at radius 2 is 1.92 bits per heavy atom. The van der Waals surface area contributed by atoms with Crippen LogP contribution < -0.4 is 15.4 Å². The van der Waals surface area contributed by atoms with Crippen molar-refractivity contribution >= 4 is 23.2 Å². The van der Waals surface area contributed by atoms with E-state index in [4.69, 9.17) is 4.74 Å². The van der Waals surface area contributed by atoms with Crippen molar-refractivity contribution in [2.45, 2.75) is 45.4 Å². The predicted molar refractivity (Wildman–Crippen MR) is 84.7 cm³/mol. The van der Waals surface area contributed by atoms with E-state index >= 15 is 0 Å². The Labute approximate surface area is 138 Å². The lowest BCUT2D eigenvalue weighted by Crippen LogP contribution is -2.53. The number of nitrogens with zero attached hydrogens (tertiary/aromatic N) is 1. The lowest BCUT2D eigenvalue weighted by atomic mass is 9.86. The maximum Gasteiger partial charge on any atom is 0.296 e. The maximum absolute atomic E-state index is 11.5. The van der Waals surface area contributed by atoms with Crippen LogP contribution in [0.15, 0.2) is 12.1 Å². The molecule has 2 rings (SSSR count). The van der Waals surface area contributed by atoms with Gasteiger partial charge in [0.15, 0.2) is 0 Å². The molecule has 0 aromatic heterocycles. The number of carbonyl (C=O) groups is 2. The van der Waals surface area contributed by atoms with E-state index in [2.05, 4.69) is 10.6 Å². The van der Waals surface area contributed by atoms with E-state index in [1.807, 2.05) is 0 Å². The van der Waals surface area contributed by atoms with E-state index in [-0.39, 0.29) is 23.0 Å². The van der Waals surface area contributed by atoms with Gasteiger partial charge < -0.3 is 20.5 Å². The van der Waals surface area contributed by atoms with Gasteiger partial charge in [0.05, 0.1) is 17.0 Å². The molecule has 2 atom stereocenters. The zero-order valence-corrected chi connectivity index (χ0v) is 13.7. The number of nitro groups is 1. The van der Waals surface area contributed by atoms with Crippen LogP contribution in [-0.4, -0.2) is 33.5 Å². The third-order valence-electron chi connectivity index (χ3n) is 3.73. The SMILES string of the molecule is CC(=O)Nc1cc2c(cc1[N+](=O)[O-])OC(C)(C)[C@H](O)[C@H]2NC(C)=O. The first-order valence-corrected chi connectivity index (χ1v) is 7.27. The zero-order valence-electron chi connectivity index (χ0n) is 13.7. The molecular weight excluding hydrogens is 318 g/mol. The van der Waals surface area contributed by atoms with Crippen molar-refractivity contribution in [3.63, 3.8) is 0 Å². The lowest BCUT2D eigenvalue weighted by molar-refractivity contribution is -0.384. The molecule has 9 heteroatoms. The van der Waals surface area contributed by atoms with Gasteiger partial charge in [-0.15, -0.1) is 0 Å². The fourth-order valence-electron chi connectivity index (χ4n) is 2.65. The molecule has 0 unspecified atom stereocenters. The van der Waals surface area contributed by atoms with E-state index in [1.165, 1.54) is 26.0 Å². The summed E-state index contributed by atoms with van der Waals surface area (Å²) in [6, 6.07) is 1.70. The number of ether oxygens (including phenoxy) is 1. The molecule has 1 aromatic carbocycles. The van der Waals surface area contributed by atoms with E-state index in [0.29, 0.717) is 5.56 Å². The van der Waals surface area contributed by atoms with Crippen molar-refractivity contribution in [1.82, 2.24) is 5.32 Å². The number of amides is 2. The van der Waals surface area contributed by atoms with Crippen LogP contribution in [0.2, 0.25) is 0 Å². The molecule has 0 fully saturated rings. The zero-order chi connectivity index (χ0) is 18.2. The number of hydrogen-bond donors (Lipinski definition) is 3. The van der Waals surface area contributed by atoms with Crippen molar-refractivity contribution in [2.24, 2.45) is 0 Å². The van der Waals surface area contributed by atoms with Crippen molar-refractivity contribution in [1.29, 1.82) is 0 Å². The van der Waals surface area contributed by atoms with Crippen LogP contribution in [0, 0.1) is 10.1 Å². The normalized spacial score (nSPS) is 21.2. The van der Waals surface area contributed by atoms with Gasteiger partial charge in [-0.25, -0.2) is 0 Å². The molecule has 0 aliphatic carbocycles. The summed E-state index contributed by atoms with van der Waals surface area (Å²) in [7, 11) is 0. The van der Waals surface area contributed by atoms with Crippen LogP contribution in [0.4, 0.5) is 11.4 Å². The highest BCUT2D eigenvalue weighted by molar-refractivity contribution is 5.92. The fraction of sp³-hybridized carbons (Fsp3) is 0.467. The number of aliphatic hydroxyl groups excluding tert-OH is 1. The molecule has 130 valence electrons. The highest BCUT2D eigenvalue weighted by Crippen LogP contribution is 2.44. The van der Waals surface area contributed by atoms with E-state index in [1.54, 1.807) is 13.8 Å². The second-order valence-corrected chi connectivity index (χ2v) is 6.17. The summed E-state index contributed by atoms with van der Waals surface area (Å²) in [5, 5.41) is 26.7. The number of anilines is 1. The number of carbonyl (C=O) groups excluding carboxylic acids is 2. The lowest BCUT2D eigenvalue weighted by Gasteiger charge is -2.42. The number of rotatable bonds is 3. The molecule has 1 aliphatic heterocycles. The maximum atomic E-state index is 11.5. The highest BCUT2D eigenvalue weighted by Gasteiger charge is 2.44. The molecule has 0 saturated carbocycles. The monoisotopic (exact) mass is 337 g/mol. The summed E-state index contributed by atoms with van der Waals surface area (Å²) in [5.74, 6) is -0.682. The van der Waals surface area contributed by atoms with Crippen LogP contribution >= 0.6 is 0 Å². The number of fused-ring (bicyclic) bond motifs is 1. The van der Waals surface area contributed by atoms with Gasteiger partial charge in [0, 0.05) is 19.4 Å². The van der Waals surface area contributed by atoms with Crippen LogP contribution in [0.25, 0.3) is 0 Å². The molecule has 0 spiro atoms. The minimum atomic E-state index is -1.08. The van der Waals surface area contributed by atoms with Gasteiger partial charge in [-0.05, 0) is 19.9 Å². The second kappa shape index (κ2) is 6.08. The van der Waals surface area contributed by atoms with Crippen molar-refractivity contribution in [3.8, 4) is 5.75 Å². The molecule has 0 bridgehead atoms. The smallest absolute Gasteiger partial charge is 0.296 e. The van der Waals surface area contributed by atoms with Crippen LogP contribution in [0.5, 0.6) is 5.75 Å². The molecule has 0 saturated heterocycles. The van der Waals surface area contributed by atoms with E-state index < -0.39 is 28.6 Å². The first kappa shape index (κ1) is 17.7. The molecule has 9 nitrogen and oxygen atoms in total. The van der Waals surface area contributed by atoms with Crippen molar-refractivity contribution in [3.05, 3.63) is 27.8 Å². The predicted octanol–water partition coefficient (Wildman–Crippen LogP) is 1.26. The van der Waals surface area contributed by atoms with Crippen LogP contribution in [-0.2, 0) is 9.59 Å². The average Bonchev–Trinajstić information content (AvgIpc) is 2.42. The number of benzene rings is 1. The van der Waals surface area contributed by atoms with Crippen LogP contribution in [0.3, 0.4) is 0 Å². The summed E-state index contributed by atoms with van der Waals surface area (Å²) in [4.78, 5) is 33.4. The summed E-state index contributed by atoms with van der Waals surface area (Å²) in [5.41, 5.74) is -1.08. The van der Waals surface area contributed by atoms with Gasteiger partial charge in [0.1, 0.15) is 23.1 Å². The minimum Gasteiger partial charge on any atom is -0.484 e. The molecule has 24 heavy (non-hydrogen) atoms. The van der Waals surface area contributed by atoms with E-state index in [0.717, 1.165) is 0 Å². The third-order valence-corrected chi connectivity index (χ3v) is 3.73. The first-order chi connectivity index (χ1) is 11.0. The van der Waals surface area contributed by atoms with Crippen LogP contribution in [0.1, 0.15) is 39.3 Å². The summed E-state index contributed by atoms with van der Waals surface area (Å²) in [6.07, 6.45) is -1.08. The number of nitrogens with one attached hydrogen (secondary N) is 2. The van der Waals surface area contributed by atoms with Gasteiger partial charge in [-0.1, -0.05) is 0 Å². The quantitative estimate of drug-likeness (QED) is 0.562. The Hall–Kier alpha value is -2.68. The Morgan fingerprint density at radius 3 is 2.42 bits per heavy atom. The standard InChI is InChI=1S/C15H19N3O6/c1-7(19)16-10-5-9-12(6-11(10)18(22)23)24-15(3,4)14(21)13(9)17-8(2)20/h5-6,13-14,21H,1-4H3,(H,16,19)(H,17,20)/t13-,14+/m0/s1. The van der Waals surface area contributed by atoms with Gasteiger partial charge >= 0.3 is 0 Å².